The topological polar surface area (TPSA) is 141 Å². The highest BCUT2D eigenvalue weighted by Gasteiger charge is 2.16. The van der Waals surface area contributed by atoms with Gasteiger partial charge in [-0.25, -0.2) is 19.9 Å². The summed E-state index contributed by atoms with van der Waals surface area (Å²) in [6.45, 7) is 1.10. The van der Waals surface area contributed by atoms with Crippen LogP contribution in [-0.2, 0) is 0 Å². The van der Waals surface area contributed by atoms with E-state index in [0.717, 1.165) is 0 Å². The van der Waals surface area contributed by atoms with Gasteiger partial charge in [0, 0.05) is 36.1 Å². The van der Waals surface area contributed by atoms with E-state index in [4.69, 9.17) is 34.2 Å². The molecular formula is C21H17Cl2N9. The number of nitrogen functional groups attached to an aromatic ring is 1. The molecule has 0 aliphatic heterocycles. The van der Waals surface area contributed by atoms with Crippen molar-refractivity contribution in [1.29, 1.82) is 5.26 Å². The number of H-pyrrole nitrogens is 1. The highest BCUT2D eigenvalue weighted by atomic mass is 35.5. The lowest BCUT2D eigenvalue weighted by atomic mass is 10.1. The third kappa shape index (κ3) is 4.88. The fourth-order valence-corrected chi connectivity index (χ4v) is 3.43. The van der Waals surface area contributed by atoms with Gasteiger partial charge in [-0.1, -0.05) is 23.2 Å². The van der Waals surface area contributed by atoms with E-state index in [-0.39, 0.29) is 0 Å². The second-order valence-electron chi connectivity index (χ2n) is 6.66. The number of nitrogens with one attached hydrogen (secondary N) is 3. The zero-order valence-electron chi connectivity index (χ0n) is 16.6. The maximum Gasteiger partial charge on any atom is 0.223 e. The Bertz CT molecular complexity index is 1280. The van der Waals surface area contributed by atoms with Crippen molar-refractivity contribution in [2.45, 2.75) is 0 Å². The molecule has 4 rings (SSSR count). The molecule has 4 aromatic rings. The minimum Gasteiger partial charge on any atom is -0.384 e. The molecule has 5 N–H and O–H groups in total. The zero-order valence-corrected chi connectivity index (χ0v) is 18.1. The first-order valence-electron chi connectivity index (χ1n) is 9.50. The Balaban J connectivity index is 1.53. The number of benzene rings is 1. The third-order valence-electron chi connectivity index (χ3n) is 4.43. The van der Waals surface area contributed by atoms with E-state index in [2.05, 4.69) is 35.6 Å². The molecule has 0 atom stereocenters. The SMILES string of the molecule is N#Cc1ccc(NCCNc2ncc(-c3ncc(N)[nH]3)c(-c3ccc(Cl)cc3Cl)n2)nc1. The molecule has 9 nitrogen and oxygen atoms in total. The molecule has 3 heterocycles. The van der Waals surface area contributed by atoms with E-state index in [1.165, 1.54) is 12.4 Å². The van der Waals surface area contributed by atoms with Crippen molar-refractivity contribution in [3.8, 4) is 28.7 Å². The molecule has 0 radical (unpaired) electrons. The lowest BCUT2D eigenvalue weighted by Gasteiger charge is -2.12. The van der Waals surface area contributed by atoms with E-state index in [1.807, 2.05) is 6.07 Å². The quantitative estimate of drug-likeness (QED) is 0.297. The molecular weight excluding hydrogens is 449 g/mol. The molecule has 0 bridgehead atoms. The molecule has 3 aromatic heterocycles. The molecule has 0 fully saturated rings. The van der Waals surface area contributed by atoms with E-state index in [0.29, 0.717) is 68.9 Å². The molecule has 0 amide bonds. The van der Waals surface area contributed by atoms with Crippen LogP contribution in [0.15, 0.2) is 48.9 Å². The molecule has 160 valence electrons. The molecule has 0 spiro atoms. The normalized spacial score (nSPS) is 10.5. The average molecular weight is 466 g/mol. The lowest BCUT2D eigenvalue weighted by Crippen LogP contribution is -2.16. The Labute approximate surface area is 193 Å². The smallest absolute Gasteiger partial charge is 0.223 e. The second-order valence-corrected chi connectivity index (χ2v) is 7.51. The first-order valence-corrected chi connectivity index (χ1v) is 10.3. The molecule has 1 aromatic carbocycles. The number of halogens is 2. The van der Waals surface area contributed by atoms with Gasteiger partial charge in [0.1, 0.15) is 23.5 Å². The number of pyridine rings is 1. The summed E-state index contributed by atoms with van der Waals surface area (Å²) in [5, 5.41) is 16.2. The van der Waals surface area contributed by atoms with Gasteiger partial charge < -0.3 is 21.4 Å². The summed E-state index contributed by atoms with van der Waals surface area (Å²) in [6.07, 6.45) is 4.70. The number of aromatic nitrogens is 5. The van der Waals surface area contributed by atoms with Crippen molar-refractivity contribution in [1.82, 2.24) is 24.9 Å². The van der Waals surface area contributed by atoms with Crippen LogP contribution >= 0.6 is 23.2 Å². The van der Waals surface area contributed by atoms with Gasteiger partial charge in [-0.15, -0.1) is 0 Å². The Kier molecular flexibility index (Phi) is 6.35. The van der Waals surface area contributed by atoms with Gasteiger partial charge in [0.05, 0.1) is 28.0 Å². The van der Waals surface area contributed by atoms with Gasteiger partial charge >= 0.3 is 0 Å². The Morgan fingerprint density at radius 1 is 0.969 bits per heavy atom. The molecule has 0 saturated carbocycles. The van der Waals surface area contributed by atoms with Crippen molar-refractivity contribution in [3.05, 3.63) is 64.5 Å². The van der Waals surface area contributed by atoms with Crippen molar-refractivity contribution < 1.29 is 0 Å². The number of hydrogen-bond acceptors (Lipinski definition) is 8. The van der Waals surface area contributed by atoms with Crippen LogP contribution < -0.4 is 16.4 Å². The summed E-state index contributed by atoms with van der Waals surface area (Å²) in [5.74, 6) is 2.05. The summed E-state index contributed by atoms with van der Waals surface area (Å²) >= 11 is 12.5. The first-order chi connectivity index (χ1) is 15.5. The van der Waals surface area contributed by atoms with Crippen LogP contribution in [0.1, 0.15) is 5.56 Å². The summed E-state index contributed by atoms with van der Waals surface area (Å²) in [5.41, 5.74) is 8.21. The number of imidazole rings is 1. The first kappa shape index (κ1) is 21.4. The molecule has 0 saturated heterocycles. The van der Waals surface area contributed by atoms with Gasteiger partial charge in [-0.2, -0.15) is 5.26 Å². The summed E-state index contributed by atoms with van der Waals surface area (Å²) in [6, 6.07) is 10.7. The predicted octanol–water partition coefficient (Wildman–Crippen LogP) is 4.21. The minimum atomic E-state index is 0.420. The van der Waals surface area contributed by atoms with Crippen LogP contribution in [0.5, 0.6) is 0 Å². The fraction of sp³-hybridized carbons (Fsp3) is 0.0952. The lowest BCUT2D eigenvalue weighted by molar-refractivity contribution is 1.02. The monoisotopic (exact) mass is 465 g/mol. The van der Waals surface area contributed by atoms with Gasteiger partial charge in [0.25, 0.3) is 0 Å². The van der Waals surface area contributed by atoms with E-state index >= 15 is 0 Å². The third-order valence-corrected chi connectivity index (χ3v) is 4.98. The predicted molar refractivity (Wildman–Crippen MR) is 125 cm³/mol. The van der Waals surface area contributed by atoms with Crippen LogP contribution in [0, 0.1) is 11.3 Å². The van der Waals surface area contributed by atoms with Gasteiger partial charge in [-0.3, -0.25) is 0 Å². The highest BCUT2D eigenvalue weighted by molar-refractivity contribution is 6.36. The van der Waals surface area contributed by atoms with Gasteiger partial charge in [0.15, 0.2) is 0 Å². The van der Waals surface area contributed by atoms with Crippen LogP contribution in [0.25, 0.3) is 22.6 Å². The van der Waals surface area contributed by atoms with Crippen molar-refractivity contribution in [3.63, 3.8) is 0 Å². The standard InChI is InChI=1S/C21H17Cl2N9/c22-13-2-3-14(16(23)7-13)19-15(20-29-11-17(25)31-20)10-30-21(32-19)27-6-5-26-18-4-1-12(8-24)9-28-18/h1-4,7,9-11H,5-6,25H2,(H,26,28)(H,29,31)(H,27,30,32). The van der Waals surface area contributed by atoms with E-state index < -0.39 is 0 Å². The second kappa shape index (κ2) is 9.51. The Morgan fingerprint density at radius 2 is 1.81 bits per heavy atom. The molecule has 32 heavy (non-hydrogen) atoms. The number of aromatic amines is 1. The van der Waals surface area contributed by atoms with Crippen molar-refractivity contribution in [2.75, 3.05) is 29.5 Å². The van der Waals surface area contributed by atoms with Crippen LogP contribution in [-0.4, -0.2) is 38.0 Å². The van der Waals surface area contributed by atoms with Crippen molar-refractivity contribution in [2.24, 2.45) is 0 Å². The Hall–Kier alpha value is -3.87. The number of rotatable bonds is 7. The van der Waals surface area contributed by atoms with Crippen LogP contribution in [0.2, 0.25) is 10.0 Å². The zero-order chi connectivity index (χ0) is 22.5. The van der Waals surface area contributed by atoms with E-state index in [1.54, 1.807) is 36.5 Å². The number of nitrogens with zero attached hydrogens (tertiary/aromatic N) is 5. The summed E-state index contributed by atoms with van der Waals surface area (Å²) < 4.78 is 0. The fourth-order valence-electron chi connectivity index (χ4n) is 2.93. The number of nitrogens with two attached hydrogens (primary N) is 1. The number of hydrogen-bond donors (Lipinski definition) is 4. The van der Waals surface area contributed by atoms with Crippen molar-refractivity contribution >= 4 is 40.8 Å². The summed E-state index contributed by atoms with van der Waals surface area (Å²) in [7, 11) is 0. The molecule has 0 unspecified atom stereocenters. The maximum absolute atomic E-state index is 8.84. The van der Waals surface area contributed by atoms with Gasteiger partial charge in [0.2, 0.25) is 5.95 Å². The van der Waals surface area contributed by atoms with Gasteiger partial charge in [-0.05, 0) is 30.3 Å². The highest BCUT2D eigenvalue weighted by Crippen LogP contribution is 2.35. The minimum absolute atomic E-state index is 0.420. The van der Waals surface area contributed by atoms with E-state index in [9.17, 15) is 0 Å². The number of anilines is 3. The van der Waals surface area contributed by atoms with Crippen LogP contribution in [0.3, 0.4) is 0 Å². The number of nitriles is 1. The summed E-state index contributed by atoms with van der Waals surface area (Å²) in [4.78, 5) is 20.5. The van der Waals surface area contributed by atoms with Crippen LogP contribution in [0.4, 0.5) is 17.6 Å². The Morgan fingerprint density at radius 3 is 2.50 bits per heavy atom. The molecule has 0 aliphatic rings. The molecule has 0 aliphatic carbocycles. The average Bonchev–Trinajstić information content (AvgIpc) is 3.23. The molecule has 11 heteroatoms. The maximum atomic E-state index is 8.84. The largest absolute Gasteiger partial charge is 0.384 e.